The zero-order valence-electron chi connectivity index (χ0n) is 12.4. The predicted octanol–water partition coefficient (Wildman–Crippen LogP) is 3.41. The summed E-state index contributed by atoms with van der Waals surface area (Å²) < 4.78 is 39.9. The van der Waals surface area contributed by atoms with Crippen LogP contribution < -0.4 is 0 Å². The normalized spacial score (nSPS) is 13.9. The minimum atomic E-state index is -3.67. The average Bonchev–Trinajstić information content (AvgIpc) is 2.12. The van der Waals surface area contributed by atoms with Crippen molar-refractivity contribution in [3.63, 3.8) is 0 Å². The van der Waals surface area contributed by atoms with Crippen LogP contribution in [0.4, 0.5) is 4.39 Å². The van der Waals surface area contributed by atoms with Crippen molar-refractivity contribution in [1.82, 2.24) is 4.31 Å². The van der Waals surface area contributed by atoms with E-state index in [2.05, 4.69) is 0 Å². The lowest BCUT2D eigenvalue weighted by molar-refractivity contribution is 0.140. The number of sulfonamides is 1. The minimum absolute atomic E-state index is 0.110. The monoisotopic (exact) mass is 287 g/mol. The summed E-state index contributed by atoms with van der Waals surface area (Å²) in [5.74, 6) is -0.447. The van der Waals surface area contributed by atoms with Crippen molar-refractivity contribution in [3.8, 4) is 0 Å². The molecule has 0 atom stereocenters. The molecule has 0 spiro atoms. The Kier molecular flexibility index (Phi) is 4.13. The molecule has 19 heavy (non-hydrogen) atoms. The number of hydrogen-bond acceptors (Lipinski definition) is 2. The summed E-state index contributed by atoms with van der Waals surface area (Å²) in [4.78, 5) is 0.110. The van der Waals surface area contributed by atoms with Crippen LogP contribution in [0.1, 0.15) is 41.5 Å². The Labute approximate surface area is 115 Å². The van der Waals surface area contributed by atoms with E-state index in [1.54, 1.807) is 0 Å². The van der Waals surface area contributed by atoms with Gasteiger partial charge in [0.05, 0.1) is 4.90 Å². The van der Waals surface area contributed by atoms with Crippen molar-refractivity contribution < 1.29 is 12.8 Å². The minimum Gasteiger partial charge on any atom is -0.207 e. The number of benzene rings is 1. The smallest absolute Gasteiger partial charge is 0.207 e. The zero-order valence-corrected chi connectivity index (χ0v) is 13.2. The van der Waals surface area contributed by atoms with Gasteiger partial charge in [0.25, 0.3) is 0 Å². The van der Waals surface area contributed by atoms with Gasteiger partial charge in [-0.3, -0.25) is 0 Å². The maximum absolute atomic E-state index is 12.9. The molecule has 0 heterocycles. The quantitative estimate of drug-likeness (QED) is 0.836. The second kappa shape index (κ2) is 4.87. The summed E-state index contributed by atoms with van der Waals surface area (Å²) in [5.41, 5.74) is -1.13. The first-order chi connectivity index (χ1) is 8.37. The lowest BCUT2D eigenvalue weighted by Gasteiger charge is -2.43. The first kappa shape index (κ1) is 16.1. The summed E-state index contributed by atoms with van der Waals surface area (Å²) in [5, 5.41) is 0. The fraction of sp³-hybridized carbons (Fsp3) is 0.571. The van der Waals surface area contributed by atoms with Gasteiger partial charge >= 0.3 is 0 Å². The van der Waals surface area contributed by atoms with Crippen LogP contribution in [0.3, 0.4) is 0 Å². The van der Waals surface area contributed by atoms with E-state index >= 15 is 0 Å². The van der Waals surface area contributed by atoms with Gasteiger partial charge in [-0.2, -0.15) is 4.31 Å². The third kappa shape index (κ3) is 3.54. The van der Waals surface area contributed by atoms with Crippen LogP contribution in [-0.2, 0) is 10.0 Å². The molecule has 1 rings (SSSR count). The largest absolute Gasteiger partial charge is 0.244 e. The van der Waals surface area contributed by atoms with Gasteiger partial charge in [0.2, 0.25) is 10.0 Å². The van der Waals surface area contributed by atoms with E-state index in [1.807, 2.05) is 41.5 Å². The van der Waals surface area contributed by atoms with Crippen molar-refractivity contribution in [3.05, 3.63) is 30.1 Å². The highest BCUT2D eigenvalue weighted by Gasteiger charge is 2.41. The van der Waals surface area contributed by atoms with Gasteiger partial charge in [-0.1, -0.05) is 0 Å². The summed E-state index contributed by atoms with van der Waals surface area (Å²) in [7, 11) is -3.67. The molecule has 1 aromatic rings. The summed E-state index contributed by atoms with van der Waals surface area (Å²) >= 11 is 0. The van der Waals surface area contributed by atoms with Crippen LogP contribution >= 0.6 is 0 Å². The molecule has 0 aliphatic heterocycles. The van der Waals surface area contributed by atoms with Crippen molar-refractivity contribution in [2.75, 3.05) is 0 Å². The van der Waals surface area contributed by atoms with Gasteiger partial charge in [-0.25, -0.2) is 12.8 Å². The molecule has 0 unspecified atom stereocenters. The molecule has 0 aliphatic carbocycles. The Morgan fingerprint density at radius 1 is 0.895 bits per heavy atom. The van der Waals surface area contributed by atoms with E-state index in [9.17, 15) is 12.8 Å². The number of hydrogen-bond donors (Lipinski definition) is 0. The predicted molar refractivity (Wildman–Crippen MR) is 74.9 cm³/mol. The fourth-order valence-electron chi connectivity index (χ4n) is 2.44. The molecule has 0 radical (unpaired) electrons. The van der Waals surface area contributed by atoms with Gasteiger partial charge in [-0.05, 0) is 65.8 Å². The number of halogens is 1. The second-order valence-corrected chi connectivity index (χ2v) is 8.35. The lowest BCUT2D eigenvalue weighted by Crippen LogP contribution is -2.55. The summed E-state index contributed by atoms with van der Waals surface area (Å²) in [6.45, 7) is 11.1. The van der Waals surface area contributed by atoms with Gasteiger partial charge in [0.15, 0.2) is 0 Å². The molecule has 0 N–H and O–H groups in total. The maximum Gasteiger partial charge on any atom is 0.244 e. The van der Waals surface area contributed by atoms with Crippen LogP contribution in [0.15, 0.2) is 29.2 Å². The van der Waals surface area contributed by atoms with Crippen molar-refractivity contribution in [1.29, 1.82) is 0 Å². The molecular weight excluding hydrogens is 265 g/mol. The zero-order chi connectivity index (χ0) is 15.1. The Hall–Kier alpha value is -0.940. The van der Waals surface area contributed by atoms with E-state index in [0.29, 0.717) is 0 Å². The molecule has 5 heteroatoms. The molecule has 0 bridgehead atoms. The van der Waals surface area contributed by atoms with Gasteiger partial charge < -0.3 is 0 Å². The molecule has 0 aliphatic rings. The fourth-order valence-corrected chi connectivity index (χ4v) is 4.57. The molecule has 0 amide bonds. The molecular formula is C14H22FNO2S. The van der Waals surface area contributed by atoms with Crippen molar-refractivity contribution >= 4 is 10.0 Å². The Morgan fingerprint density at radius 2 is 1.26 bits per heavy atom. The van der Waals surface area contributed by atoms with Crippen molar-refractivity contribution in [2.24, 2.45) is 0 Å². The van der Waals surface area contributed by atoms with Crippen LogP contribution in [0.5, 0.6) is 0 Å². The van der Waals surface area contributed by atoms with E-state index in [1.165, 1.54) is 16.4 Å². The second-order valence-electron chi connectivity index (χ2n) is 6.57. The third-order valence-electron chi connectivity index (χ3n) is 2.57. The molecule has 3 nitrogen and oxygen atoms in total. The molecule has 0 aromatic heterocycles. The standard InChI is InChI=1S/C14H22FNO2S/c1-13(2,3)16(14(4,5)6)19(17,18)12-9-7-11(15)8-10-12/h7-10H,1-6H3. The van der Waals surface area contributed by atoms with E-state index in [-0.39, 0.29) is 4.90 Å². The van der Waals surface area contributed by atoms with Crippen LogP contribution in [0.2, 0.25) is 0 Å². The highest BCUT2D eigenvalue weighted by molar-refractivity contribution is 7.89. The van der Waals surface area contributed by atoms with E-state index in [4.69, 9.17) is 0 Å². The Balaban J connectivity index is 3.41. The van der Waals surface area contributed by atoms with Gasteiger partial charge in [0.1, 0.15) is 5.82 Å². The molecule has 0 fully saturated rings. The highest BCUT2D eigenvalue weighted by atomic mass is 32.2. The molecule has 0 saturated carbocycles. The summed E-state index contributed by atoms with van der Waals surface area (Å²) in [6, 6.07) is 4.93. The number of rotatable bonds is 2. The molecule has 0 saturated heterocycles. The Morgan fingerprint density at radius 3 is 1.58 bits per heavy atom. The first-order valence-electron chi connectivity index (χ1n) is 6.18. The van der Waals surface area contributed by atoms with Gasteiger partial charge in [0, 0.05) is 11.1 Å². The van der Waals surface area contributed by atoms with Crippen molar-refractivity contribution in [2.45, 2.75) is 57.5 Å². The van der Waals surface area contributed by atoms with Crippen LogP contribution in [-0.4, -0.2) is 23.8 Å². The lowest BCUT2D eigenvalue weighted by atomic mass is 10.0. The first-order valence-corrected chi connectivity index (χ1v) is 7.62. The maximum atomic E-state index is 12.9. The van der Waals surface area contributed by atoms with E-state index in [0.717, 1.165) is 12.1 Å². The van der Waals surface area contributed by atoms with Gasteiger partial charge in [-0.15, -0.1) is 0 Å². The topological polar surface area (TPSA) is 37.4 Å². The van der Waals surface area contributed by atoms with Crippen LogP contribution in [0.25, 0.3) is 0 Å². The molecule has 108 valence electrons. The SMILES string of the molecule is CC(C)(C)N(C(C)(C)C)S(=O)(=O)c1ccc(F)cc1. The third-order valence-corrected chi connectivity index (χ3v) is 5.01. The number of nitrogens with zero attached hydrogens (tertiary/aromatic N) is 1. The van der Waals surface area contributed by atoms with Crippen LogP contribution in [0, 0.1) is 5.82 Å². The molecule has 1 aromatic carbocycles. The highest BCUT2D eigenvalue weighted by Crippen LogP contribution is 2.32. The van der Waals surface area contributed by atoms with E-state index < -0.39 is 26.9 Å². The Bertz CT molecular complexity index is 522. The summed E-state index contributed by atoms with van der Waals surface area (Å²) in [6.07, 6.45) is 0. The average molecular weight is 287 g/mol.